The highest BCUT2D eigenvalue weighted by atomic mass is 16.7. The number of unbranched alkanes of at least 4 members (excludes halogenated alkanes) is 2. The van der Waals surface area contributed by atoms with Crippen molar-refractivity contribution in [3.05, 3.63) is 48.2 Å². The second-order valence-corrected chi connectivity index (χ2v) is 22.8. The number of methoxy groups -OCH3 is 2. The van der Waals surface area contributed by atoms with Gasteiger partial charge in [0, 0.05) is 89.4 Å². The highest BCUT2D eigenvalue weighted by Crippen LogP contribution is 2.30. The van der Waals surface area contributed by atoms with E-state index in [4.69, 9.17) is 14.3 Å². The van der Waals surface area contributed by atoms with Crippen LogP contribution in [0.2, 0.25) is 0 Å². The predicted molar refractivity (Wildman–Crippen MR) is 305 cm³/mol. The van der Waals surface area contributed by atoms with Gasteiger partial charge in [0.25, 0.3) is 17.7 Å². The monoisotopic (exact) mass is 1130 g/mol. The van der Waals surface area contributed by atoms with Crippen LogP contribution in [0.15, 0.2) is 42.6 Å². The van der Waals surface area contributed by atoms with E-state index >= 15 is 0 Å². The van der Waals surface area contributed by atoms with Gasteiger partial charge in [0.2, 0.25) is 35.4 Å². The van der Waals surface area contributed by atoms with Gasteiger partial charge in [0.15, 0.2) is 0 Å². The summed E-state index contributed by atoms with van der Waals surface area (Å²) in [4.78, 5) is 136. The Bertz CT molecular complexity index is 2480. The Kier molecular flexibility index (Phi) is 25.8. The van der Waals surface area contributed by atoms with Crippen molar-refractivity contribution >= 4 is 64.1 Å². The van der Waals surface area contributed by atoms with E-state index in [2.05, 4.69) is 26.5 Å². The van der Waals surface area contributed by atoms with Crippen LogP contribution in [0.3, 0.4) is 0 Å². The van der Waals surface area contributed by atoms with Crippen LogP contribution in [0, 0.1) is 23.7 Å². The van der Waals surface area contributed by atoms with E-state index in [0.717, 1.165) is 34.2 Å². The summed E-state index contributed by atoms with van der Waals surface area (Å²) in [6, 6.07) is 4.25. The summed E-state index contributed by atoms with van der Waals surface area (Å²) >= 11 is 0. The molecule has 22 nitrogen and oxygen atoms in total. The molecule has 22 heteroatoms. The fourth-order valence-corrected chi connectivity index (χ4v) is 11.5. The molecule has 0 aliphatic carbocycles. The van der Waals surface area contributed by atoms with E-state index < -0.39 is 54.2 Å². The molecule has 1 aromatic carbocycles. The molecule has 0 radical (unpaired) electrons. The van der Waals surface area contributed by atoms with Crippen molar-refractivity contribution in [1.82, 2.24) is 51.1 Å². The lowest BCUT2D eigenvalue weighted by Gasteiger charge is -2.41. The molecule has 2 saturated heterocycles. The molecule has 8 unspecified atom stereocenters. The Balaban J connectivity index is 1.17. The van der Waals surface area contributed by atoms with Gasteiger partial charge in [-0.2, -0.15) is 0 Å². The van der Waals surface area contributed by atoms with Crippen molar-refractivity contribution in [3.63, 3.8) is 0 Å². The summed E-state index contributed by atoms with van der Waals surface area (Å²) in [6.07, 6.45) is 8.90. The third-order valence-corrected chi connectivity index (χ3v) is 16.3. The fourth-order valence-electron chi connectivity index (χ4n) is 11.5. The second-order valence-electron chi connectivity index (χ2n) is 22.8. The molecule has 5 rings (SSSR count). The van der Waals surface area contributed by atoms with E-state index in [1.165, 1.54) is 31.4 Å². The van der Waals surface area contributed by atoms with Gasteiger partial charge < -0.3 is 34.9 Å². The van der Waals surface area contributed by atoms with Gasteiger partial charge in [-0.3, -0.25) is 68.6 Å². The zero-order chi connectivity index (χ0) is 59.5. The zero-order valence-electron chi connectivity index (χ0n) is 49.8. The van der Waals surface area contributed by atoms with Crippen LogP contribution in [0.5, 0.6) is 0 Å². The Labute approximate surface area is 478 Å². The number of rotatable bonds is 31. The molecule has 0 bridgehead atoms. The van der Waals surface area contributed by atoms with Gasteiger partial charge in [0.1, 0.15) is 12.1 Å². The number of imide groups is 1. The number of para-hydroxylation sites is 1. The SMILES string of the molecule is CCC(C)C(C(CC(=O)N1CCC[C@H]1C(OC)C(C)C(=O)NC(Cc1c[nH]c2ccccc12)C(=O)N1CCCCO1)OC)N(C)C(=O)C(NC(=O)C(C(C)C)N(C)CCCC(=O)NNC(=O)CCCCCN1C(=O)C=CC1=O)C(C)C. The maximum Gasteiger partial charge on any atom is 0.269 e. The molecule has 3 aliphatic rings. The number of likely N-dealkylation sites (tertiary alicyclic amines) is 1. The molecule has 2 aromatic rings. The van der Waals surface area contributed by atoms with Crippen molar-refractivity contribution < 1.29 is 57.5 Å². The Morgan fingerprint density at radius 3 is 2.10 bits per heavy atom. The largest absolute Gasteiger partial charge is 0.379 e. The predicted octanol–water partition coefficient (Wildman–Crippen LogP) is 4.18. The lowest BCUT2D eigenvalue weighted by Crippen LogP contribution is -2.60. The van der Waals surface area contributed by atoms with Gasteiger partial charge in [-0.05, 0) is 87.9 Å². The fraction of sp³-hybridized carbons (Fsp3) is 0.678. The molecule has 2 fully saturated rings. The number of nitrogens with zero attached hydrogens (tertiary/aromatic N) is 5. The van der Waals surface area contributed by atoms with Crippen molar-refractivity contribution in [2.24, 2.45) is 23.7 Å². The maximum atomic E-state index is 14.8. The number of carbonyl (C=O) groups is 9. The number of benzene rings is 1. The number of carbonyl (C=O) groups excluding carboxylic acids is 9. The van der Waals surface area contributed by atoms with Gasteiger partial charge in [-0.25, -0.2) is 5.06 Å². The molecule has 9 atom stereocenters. The highest BCUT2D eigenvalue weighted by Gasteiger charge is 2.44. The van der Waals surface area contributed by atoms with Crippen molar-refractivity contribution in [1.29, 1.82) is 0 Å². The topological polar surface area (TPSA) is 261 Å². The van der Waals surface area contributed by atoms with Crippen LogP contribution in [-0.4, -0.2) is 186 Å². The average molecular weight is 1130 g/mol. The molecule has 0 spiro atoms. The zero-order valence-corrected chi connectivity index (χ0v) is 49.8. The number of ether oxygens (including phenoxy) is 2. The molecular weight excluding hydrogens is 1040 g/mol. The smallest absolute Gasteiger partial charge is 0.269 e. The van der Waals surface area contributed by atoms with E-state index in [0.29, 0.717) is 71.2 Å². The van der Waals surface area contributed by atoms with Gasteiger partial charge in [-0.15, -0.1) is 0 Å². The number of hydrogen-bond acceptors (Lipinski definition) is 13. The van der Waals surface area contributed by atoms with E-state index in [1.54, 1.807) is 30.8 Å². The number of hydrazine groups is 1. The van der Waals surface area contributed by atoms with Gasteiger partial charge in [-0.1, -0.05) is 79.5 Å². The lowest BCUT2D eigenvalue weighted by molar-refractivity contribution is -0.199. The van der Waals surface area contributed by atoms with Crippen LogP contribution < -0.4 is 21.5 Å². The summed E-state index contributed by atoms with van der Waals surface area (Å²) in [5.41, 5.74) is 6.67. The summed E-state index contributed by atoms with van der Waals surface area (Å²) in [6.45, 7) is 15.2. The molecule has 1 aromatic heterocycles. The summed E-state index contributed by atoms with van der Waals surface area (Å²) in [5.74, 6) is -4.43. The lowest BCUT2D eigenvalue weighted by atomic mass is 9.89. The second kappa shape index (κ2) is 31.8. The third kappa shape index (κ3) is 17.9. The number of hydroxylamine groups is 2. The molecule has 4 heterocycles. The van der Waals surface area contributed by atoms with Crippen LogP contribution in [-0.2, 0) is 63.9 Å². The number of amides is 9. The third-order valence-electron chi connectivity index (χ3n) is 16.3. The first kappa shape index (κ1) is 65.6. The number of nitrogens with one attached hydrogen (secondary N) is 5. The highest BCUT2D eigenvalue weighted by molar-refractivity contribution is 6.12. The normalized spacial score (nSPS) is 18.6. The van der Waals surface area contributed by atoms with Crippen LogP contribution in [0.25, 0.3) is 10.9 Å². The van der Waals surface area contributed by atoms with Gasteiger partial charge in [0.05, 0.1) is 49.3 Å². The maximum absolute atomic E-state index is 14.8. The quantitative estimate of drug-likeness (QED) is 0.0404. The van der Waals surface area contributed by atoms with E-state index in [9.17, 15) is 43.2 Å². The van der Waals surface area contributed by atoms with Crippen LogP contribution in [0.4, 0.5) is 0 Å². The average Bonchev–Trinajstić information content (AvgIpc) is 4.20. The number of likely N-dealkylation sites (N-methyl/N-ethyl adjacent to an activating group) is 2. The first-order chi connectivity index (χ1) is 38.6. The van der Waals surface area contributed by atoms with Crippen molar-refractivity contribution in [3.8, 4) is 0 Å². The Morgan fingerprint density at radius 1 is 0.802 bits per heavy atom. The molecule has 450 valence electrons. The van der Waals surface area contributed by atoms with Gasteiger partial charge >= 0.3 is 0 Å². The van der Waals surface area contributed by atoms with E-state index in [1.807, 2.05) is 76.9 Å². The number of aromatic amines is 1. The molecule has 3 aliphatic heterocycles. The number of H-pyrrole nitrogens is 1. The summed E-state index contributed by atoms with van der Waals surface area (Å²) in [5, 5.41) is 8.41. The minimum atomic E-state index is -0.928. The minimum Gasteiger partial charge on any atom is -0.379 e. The van der Waals surface area contributed by atoms with Crippen molar-refractivity contribution in [2.75, 3.05) is 61.1 Å². The van der Waals surface area contributed by atoms with Crippen molar-refractivity contribution in [2.45, 2.75) is 174 Å². The summed E-state index contributed by atoms with van der Waals surface area (Å²) in [7, 11) is 6.54. The van der Waals surface area contributed by atoms with E-state index in [-0.39, 0.29) is 97.2 Å². The number of fused-ring (bicyclic) bond motifs is 1. The first-order valence-electron chi connectivity index (χ1n) is 29.2. The van der Waals surface area contributed by atoms with Crippen LogP contribution in [0.1, 0.15) is 131 Å². The standard InChI is InChI=1S/C59H92N10O12/c1-12-39(6)54(66(9)59(78)52(37(2)3)62-57(76)53(38(4)5)65(8)29-21-26-48(71)64-63-47(70)25-14-13-17-30-68-49(72)27-28-50(68)73)46(79-10)35-51(74)67-31-20-24-45(67)55(80-11)40(7)56(75)61-44(58(77)69-32-18-19-33-81-69)34-41-36-60-43-23-16-15-22-42(41)43/h15-16,22-23,27-28,36-40,44-46,52-55,60H,12-14,17-21,24-26,29-35H2,1-11H3,(H,61,75)(H,62,76)(H,63,70)(H,64,71)/t39?,40?,44?,45-,46?,52?,53?,54?,55?/m0/s1. The minimum absolute atomic E-state index is 0.0654. The summed E-state index contributed by atoms with van der Waals surface area (Å²) < 4.78 is 12.2. The Morgan fingerprint density at radius 2 is 1.48 bits per heavy atom. The van der Waals surface area contributed by atoms with Crippen LogP contribution >= 0.6 is 0 Å². The Hall–Kier alpha value is -6.23. The molecular formula is C59H92N10O12. The molecule has 5 N–H and O–H groups in total. The number of hydrogen-bond donors (Lipinski definition) is 5. The molecule has 9 amide bonds. The molecule has 81 heavy (non-hydrogen) atoms. The number of aromatic nitrogens is 1. The molecule has 0 saturated carbocycles. The first-order valence-corrected chi connectivity index (χ1v) is 29.2.